The first-order valence-electron chi connectivity index (χ1n) is 7.14. The lowest BCUT2D eigenvalue weighted by atomic mass is 10.1. The molecule has 2 N–H and O–H groups in total. The number of nitrogens with zero attached hydrogens (tertiary/aromatic N) is 2. The van der Waals surface area contributed by atoms with Crippen molar-refractivity contribution in [3.05, 3.63) is 71.8 Å². The van der Waals surface area contributed by atoms with E-state index in [-0.39, 0.29) is 29.3 Å². The van der Waals surface area contributed by atoms with E-state index in [2.05, 4.69) is 17.2 Å². The number of ketones is 1. The van der Waals surface area contributed by atoms with Gasteiger partial charge in [-0.05, 0) is 16.9 Å². The van der Waals surface area contributed by atoms with Crippen LogP contribution in [-0.4, -0.2) is 10.9 Å². The van der Waals surface area contributed by atoms with Crippen LogP contribution in [0.4, 0.5) is 5.13 Å². The average molecular weight is 422 g/mol. The molecule has 0 unspecified atom stereocenters. The van der Waals surface area contributed by atoms with Gasteiger partial charge in [0.2, 0.25) is 10.1 Å². The Hall–Kier alpha value is -1.70. The van der Waals surface area contributed by atoms with Crippen LogP contribution >= 0.6 is 23.1 Å². The largest absolute Gasteiger partial charge is 1.00 e. The molecule has 1 aromatic heterocycles. The smallest absolute Gasteiger partial charge is 0.355 e. The van der Waals surface area contributed by atoms with Crippen molar-refractivity contribution in [2.75, 3.05) is 5.73 Å². The second-order valence-electron chi connectivity index (χ2n) is 4.93. The van der Waals surface area contributed by atoms with E-state index in [1.165, 1.54) is 16.9 Å². The van der Waals surface area contributed by atoms with Crippen molar-refractivity contribution in [1.82, 2.24) is 5.10 Å². The normalized spacial score (nSPS) is 10.2. The topological polar surface area (TPSA) is 59.9 Å². The Kier molecular flexibility index (Phi) is 6.96. The van der Waals surface area contributed by atoms with Crippen LogP contribution < -0.4 is 27.4 Å². The van der Waals surface area contributed by atoms with Gasteiger partial charge in [-0.1, -0.05) is 77.5 Å². The number of nitrogens with two attached hydrogens (primary N) is 1. The average Bonchev–Trinajstić information content (AvgIpc) is 2.94. The van der Waals surface area contributed by atoms with E-state index in [1.54, 1.807) is 28.6 Å². The van der Waals surface area contributed by atoms with E-state index in [0.29, 0.717) is 10.7 Å². The van der Waals surface area contributed by atoms with E-state index < -0.39 is 0 Å². The highest BCUT2D eigenvalue weighted by Gasteiger charge is 2.18. The highest BCUT2D eigenvalue weighted by atomic mass is 79.9. The van der Waals surface area contributed by atoms with Crippen molar-refractivity contribution in [3.8, 4) is 0 Å². The molecule has 0 aliphatic heterocycles. The molecule has 0 saturated heterocycles. The van der Waals surface area contributed by atoms with Gasteiger partial charge in [0.05, 0.1) is 0 Å². The Morgan fingerprint density at radius 1 is 1.08 bits per heavy atom. The monoisotopic (exact) mass is 421 g/mol. The minimum atomic E-state index is 0. The van der Waals surface area contributed by atoms with Crippen molar-refractivity contribution in [1.29, 1.82) is 0 Å². The third-order valence-corrected chi connectivity index (χ3v) is 5.33. The molecule has 24 heavy (non-hydrogen) atoms. The van der Waals surface area contributed by atoms with Crippen molar-refractivity contribution in [3.63, 3.8) is 0 Å². The Balaban J connectivity index is 0.00000208. The van der Waals surface area contributed by atoms with Crippen LogP contribution in [0.3, 0.4) is 0 Å². The highest BCUT2D eigenvalue weighted by molar-refractivity contribution is 8.00. The van der Waals surface area contributed by atoms with Crippen LogP contribution in [0.25, 0.3) is 0 Å². The predicted octanol–water partition coefficient (Wildman–Crippen LogP) is 0.192. The molecule has 2 aromatic carbocycles. The first kappa shape index (κ1) is 18.6. The Morgan fingerprint density at radius 2 is 1.71 bits per heavy atom. The summed E-state index contributed by atoms with van der Waals surface area (Å²) in [6.45, 7) is 0.165. The molecule has 0 amide bonds. The van der Waals surface area contributed by atoms with Gasteiger partial charge >= 0.3 is 5.13 Å². The quantitative estimate of drug-likeness (QED) is 0.350. The van der Waals surface area contributed by atoms with Crippen molar-refractivity contribution >= 4 is 34.0 Å². The molecule has 4 nitrogen and oxygen atoms in total. The number of hydrogen-bond donors (Lipinski definition) is 1. The van der Waals surface area contributed by atoms with Crippen LogP contribution in [0.1, 0.15) is 15.9 Å². The van der Waals surface area contributed by atoms with Gasteiger partial charge in [0.1, 0.15) is 0 Å². The molecule has 1 heterocycles. The first-order valence-corrected chi connectivity index (χ1v) is 8.94. The van der Waals surface area contributed by atoms with Gasteiger partial charge in [-0.2, -0.15) is 0 Å². The van der Waals surface area contributed by atoms with Gasteiger partial charge in [0.15, 0.2) is 6.54 Å². The minimum Gasteiger partial charge on any atom is -1.00 e. The Bertz CT molecular complexity index is 794. The molecule has 7 heteroatoms. The number of carbonyl (C=O) groups excluding carboxylic acids is 1. The highest BCUT2D eigenvalue weighted by Crippen LogP contribution is 2.26. The van der Waals surface area contributed by atoms with Gasteiger partial charge < -0.3 is 17.0 Å². The fraction of sp³-hybridized carbons (Fsp3) is 0.118. The second kappa shape index (κ2) is 8.96. The number of anilines is 1. The molecular formula is C17H16BrN3OS2. The number of rotatable bonds is 6. The summed E-state index contributed by atoms with van der Waals surface area (Å²) in [6.07, 6.45) is 0. The Labute approximate surface area is 159 Å². The summed E-state index contributed by atoms with van der Waals surface area (Å²) in [5.74, 6) is 0.840. The summed E-state index contributed by atoms with van der Waals surface area (Å²) < 4.78 is 2.44. The zero-order valence-electron chi connectivity index (χ0n) is 12.8. The summed E-state index contributed by atoms with van der Waals surface area (Å²) in [5.41, 5.74) is 7.90. The number of nitrogen functional groups attached to an aromatic ring is 1. The van der Waals surface area contributed by atoms with E-state index >= 15 is 0 Å². The molecule has 0 bridgehead atoms. The van der Waals surface area contributed by atoms with E-state index in [9.17, 15) is 4.79 Å². The number of carbonyl (C=O) groups is 1. The van der Waals surface area contributed by atoms with Crippen molar-refractivity contribution < 1.29 is 26.5 Å². The summed E-state index contributed by atoms with van der Waals surface area (Å²) in [4.78, 5) is 12.2. The SMILES string of the molecule is Nc1sc(SCc2ccccc2)n[n+]1CC(=O)c1ccccc1.[Br-]. The molecule has 0 atom stereocenters. The summed E-state index contributed by atoms with van der Waals surface area (Å²) in [5, 5.41) is 4.99. The standard InChI is InChI=1S/C17H15N3OS2.BrH/c18-16-20(11-15(21)14-9-5-2-6-10-14)19-17(23-16)22-12-13-7-3-1-4-8-13;/h1-10,18H,11-12H2;1H. The van der Waals surface area contributed by atoms with Crippen LogP contribution in [-0.2, 0) is 12.3 Å². The minimum absolute atomic E-state index is 0. The number of thioether (sulfide) groups is 1. The van der Waals surface area contributed by atoms with Gasteiger partial charge in [-0.25, -0.2) is 0 Å². The summed E-state index contributed by atoms with van der Waals surface area (Å²) >= 11 is 3.04. The maximum atomic E-state index is 12.2. The maximum Gasteiger partial charge on any atom is 0.355 e. The van der Waals surface area contributed by atoms with Gasteiger partial charge in [0, 0.05) is 11.3 Å². The van der Waals surface area contributed by atoms with E-state index in [4.69, 9.17) is 5.73 Å². The van der Waals surface area contributed by atoms with E-state index in [0.717, 1.165) is 10.1 Å². The maximum absolute atomic E-state index is 12.2. The lowest BCUT2D eigenvalue weighted by molar-refractivity contribution is -0.725. The fourth-order valence-electron chi connectivity index (χ4n) is 2.05. The summed E-state index contributed by atoms with van der Waals surface area (Å²) in [7, 11) is 0. The van der Waals surface area contributed by atoms with Gasteiger partial charge in [-0.15, -0.1) is 4.68 Å². The second-order valence-corrected chi connectivity index (χ2v) is 7.16. The predicted molar refractivity (Wildman–Crippen MR) is 93.5 cm³/mol. The molecule has 0 radical (unpaired) electrons. The fourth-order valence-corrected chi connectivity index (χ4v) is 3.89. The first-order chi connectivity index (χ1) is 11.2. The van der Waals surface area contributed by atoms with Crippen LogP contribution in [0, 0.1) is 0 Å². The van der Waals surface area contributed by atoms with Crippen molar-refractivity contribution in [2.45, 2.75) is 16.6 Å². The number of aromatic nitrogens is 2. The molecule has 124 valence electrons. The number of halogens is 1. The lowest BCUT2D eigenvalue weighted by Crippen LogP contribution is -3.00. The molecule has 3 aromatic rings. The molecule has 0 saturated carbocycles. The zero-order valence-corrected chi connectivity index (χ0v) is 16.0. The van der Waals surface area contributed by atoms with Crippen molar-refractivity contribution in [2.24, 2.45) is 0 Å². The number of benzene rings is 2. The lowest BCUT2D eigenvalue weighted by Gasteiger charge is -1.98. The molecular weight excluding hydrogens is 406 g/mol. The molecule has 3 rings (SSSR count). The molecule has 0 aliphatic rings. The summed E-state index contributed by atoms with van der Waals surface area (Å²) in [6, 6.07) is 19.4. The zero-order chi connectivity index (χ0) is 16.1. The van der Waals surface area contributed by atoms with Crippen LogP contribution in [0.15, 0.2) is 65.0 Å². The van der Waals surface area contributed by atoms with Gasteiger partial charge in [-0.3, -0.25) is 10.5 Å². The Morgan fingerprint density at radius 3 is 2.38 bits per heavy atom. The number of hydrogen-bond acceptors (Lipinski definition) is 5. The molecule has 0 fully saturated rings. The number of Topliss-reactive ketones (excluding diaryl/α,β-unsaturated/α-hetero) is 1. The van der Waals surface area contributed by atoms with E-state index in [1.807, 2.05) is 36.4 Å². The van der Waals surface area contributed by atoms with Crippen LogP contribution in [0.5, 0.6) is 0 Å². The third kappa shape index (κ3) is 4.90. The molecule has 0 aliphatic carbocycles. The van der Waals surface area contributed by atoms with Crippen LogP contribution in [0.2, 0.25) is 0 Å². The van der Waals surface area contributed by atoms with Gasteiger partial charge in [0.25, 0.3) is 0 Å². The molecule has 0 spiro atoms. The third-order valence-electron chi connectivity index (χ3n) is 3.24.